The molecule has 0 atom stereocenters. The second kappa shape index (κ2) is 3.92. The summed E-state index contributed by atoms with van der Waals surface area (Å²) in [5.41, 5.74) is 5.52. The molecule has 13 heavy (non-hydrogen) atoms. The van der Waals surface area contributed by atoms with Gasteiger partial charge in [0, 0.05) is 0 Å². The van der Waals surface area contributed by atoms with E-state index in [1.54, 1.807) is 6.92 Å². The molecule has 0 spiro atoms. The molecule has 0 aliphatic carbocycles. The lowest BCUT2D eigenvalue weighted by molar-refractivity contribution is 0.0520. The number of aromatic nitrogens is 1. The molecular formula is C8H8N2O2S. The summed E-state index contributed by atoms with van der Waals surface area (Å²) in [7, 11) is 0. The Kier molecular flexibility index (Phi) is 2.88. The minimum atomic E-state index is -0.525. The first-order valence-electron chi connectivity index (χ1n) is 3.59. The Morgan fingerprint density at radius 2 is 2.54 bits per heavy atom. The normalized spacial score (nSPS) is 9.23. The largest absolute Gasteiger partial charge is 0.461 e. The lowest BCUT2D eigenvalue weighted by Gasteiger charge is -1.96. The summed E-state index contributed by atoms with van der Waals surface area (Å²) in [5, 5.41) is 0.274. The minimum absolute atomic E-state index is 0.131. The Labute approximate surface area is 79.7 Å². The fourth-order valence-electron chi connectivity index (χ4n) is 0.772. The van der Waals surface area contributed by atoms with Crippen LogP contribution in [0.5, 0.6) is 0 Å². The summed E-state index contributed by atoms with van der Waals surface area (Å²) in [6.45, 7) is 2.00. The molecule has 4 nitrogen and oxygen atoms in total. The quantitative estimate of drug-likeness (QED) is 0.563. The molecule has 68 valence electrons. The van der Waals surface area contributed by atoms with Crippen molar-refractivity contribution in [2.45, 2.75) is 6.92 Å². The van der Waals surface area contributed by atoms with Gasteiger partial charge in [0.25, 0.3) is 0 Å². The van der Waals surface area contributed by atoms with Gasteiger partial charge in [0.1, 0.15) is 4.88 Å². The van der Waals surface area contributed by atoms with Crippen molar-refractivity contribution in [1.82, 2.24) is 4.98 Å². The Morgan fingerprint density at radius 1 is 1.85 bits per heavy atom. The topological polar surface area (TPSA) is 65.2 Å². The molecule has 0 aromatic carbocycles. The third-order valence-corrected chi connectivity index (χ3v) is 2.06. The summed E-state index contributed by atoms with van der Waals surface area (Å²) in [5.74, 6) is 1.81. The molecule has 0 radical (unpaired) electrons. The molecule has 0 amide bonds. The number of nitrogens with zero attached hydrogens (tertiary/aromatic N) is 1. The van der Waals surface area contributed by atoms with E-state index in [1.165, 1.54) is 0 Å². The number of rotatable bonds is 2. The summed E-state index contributed by atoms with van der Waals surface area (Å²) >= 11 is 1.10. The Bertz CT molecular complexity index is 365. The highest BCUT2D eigenvalue weighted by Crippen LogP contribution is 2.19. The number of esters is 1. The van der Waals surface area contributed by atoms with Crippen molar-refractivity contribution in [3.8, 4) is 12.3 Å². The van der Waals surface area contributed by atoms with Gasteiger partial charge in [0.2, 0.25) is 0 Å². The first-order valence-corrected chi connectivity index (χ1v) is 4.40. The van der Waals surface area contributed by atoms with Gasteiger partial charge >= 0.3 is 5.97 Å². The monoisotopic (exact) mass is 196 g/mol. The maximum atomic E-state index is 11.2. The Hall–Kier alpha value is -1.54. The SMILES string of the molecule is C#Cc1sc(N)nc1C(=O)OCC. The van der Waals surface area contributed by atoms with Gasteiger partial charge in [-0.05, 0) is 6.92 Å². The summed E-state index contributed by atoms with van der Waals surface area (Å²) < 4.78 is 4.74. The van der Waals surface area contributed by atoms with E-state index in [2.05, 4.69) is 10.9 Å². The third-order valence-electron chi connectivity index (χ3n) is 1.24. The number of thiazole rings is 1. The number of hydrogen-bond acceptors (Lipinski definition) is 5. The maximum absolute atomic E-state index is 11.2. The molecule has 0 saturated heterocycles. The smallest absolute Gasteiger partial charge is 0.359 e. The zero-order valence-electron chi connectivity index (χ0n) is 7.03. The van der Waals surface area contributed by atoms with E-state index >= 15 is 0 Å². The molecule has 0 aliphatic rings. The van der Waals surface area contributed by atoms with Crippen LogP contribution in [0.3, 0.4) is 0 Å². The summed E-state index contributed by atoms with van der Waals surface area (Å²) in [6, 6.07) is 0. The van der Waals surface area contributed by atoms with Crippen LogP contribution in [0.1, 0.15) is 22.3 Å². The molecule has 1 aromatic heterocycles. The van der Waals surface area contributed by atoms with Crippen molar-refractivity contribution in [2.24, 2.45) is 0 Å². The van der Waals surface area contributed by atoms with Crippen molar-refractivity contribution in [3.05, 3.63) is 10.6 Å². The van der Waals surface area contributed by atoms with Gasteiger partial charge in [0.15, 0.2) is 10.8 Å². The zero-order valence-corrected chi connectivity index (χ0v) is 7.85. The van der Waals surface area contributed by atoms with E-state index < -0.39 is 5.97 Å². The van der Waals surface area contributed by atoms with E-state index in [0.29, 0.717) is 11.5 Å². The lowest BCUT2D eigenvalue weighted by atomic mass is 10.4. The first kappa shape index (κ1) is 9.55. The van der Waals surface area contributed by atoms with Gasteiger partial charge in [-0.15, -0.1) is 6.42 Å². The first-order chi connectivity index (χ1) is 6.19. The number of ether oxygens (including phenoxy) is 1. The van der Waals surface area contributed by atoms with Gasteiger partial charge in [-0.1, -0.05) is 17.3 Å². The molecule has 0 fully saturated rings. The standard InChI is InChI=1S/C8H8N2O2S/c1-3-5-6(7(11)12-4-2)10-8(9)13-5/h1H,4H2,2H3,(H2,9,10). The number of carbonyl (C=O) groups excluding carboxylic acids is 1. The predicted octanol–water partition coefficient (Wildman–Crippen LogP) is 0.883. The van der Waals surface area contributed by atoms with Crippen LogP contribution in [0.2, 0.25) is 0 Å². The van der Waals surface area contributed by atoms with E-state index in [1.807, 2.05) is 0 Å². The van der Waals surface area contributed by atoms with Crippen molar-refractivity contribution >= 4 is 22.4 Å². The number of carbonyl (C=O) groups is 1. The van der Waals surface area contributed by atoms with Gasteiger partial charge in [-0.3, -0.25) is 0 Å². The van der Waals surface area contributed by atoms with E-state index in [0.717, 1.165) is 11.3 Å². The molecule has 0 bridgehead atoms. The van der Waals surface area contributed by atoms with Crippen LogP contribution in [0.4, 0.5) is 5.13 Å². The summed E-state index contributed by atoms with van der Waals surface area (Å²) in [6.07, 6.45) is 5.16. The lowest BCUT2D eigenvalue weighted by Crippen LogP contribution is -2.06. The number of nitrogen functional groups attached to an aromatic ring is 1. The van der Waals surface area contributed by atoms with Crippen molar-refractivity contribution in [3.63, 3.8) is 0 Å². The van der Waals surface area contributed by atoms with Crippen molar-refractivity contribution in [2.75, 3.05) is 12.3 Å². The molecule has 5 heteroatoms. The number of anilines is 1. The molecule has 0 saturated carbocycles. The van der Waals surface area contributed by atoms with E-state index in [-0.39, 0.29) is 10.8 Å². The van der Waals surface area contributed by atoms with Crippen LogP contribution in [-0.4, -0.2) is 17.6 Å². The van der Waals surface area contributed by atoms with E-state index in [4.69, 9.17) is 16.9 Å². The molecular weight excluding hydrogens is 188 g/mol. The molecule has 1 aromatic rings. The van der Waals surface area contributed by atoms with Crippen LogP contribution >= 0.6 is 11.3 Å². The van der Waals surface area contributed by atoms with Gasteiger partial charge in [0.05, 0.1) is 6.61 Å². The van der Waals surface area contributed by atoms with Crippen LogP contribution in [0.25, 0.3) is 0 Å². The molecule has 2 N–H and O–H groups in total. The maximum Gasteiger partial charge on any atom is 0.359 e. The average Bonchev–Trinajstić information content (AvgIpc) is 2.47. The third kappa shape index (κ3) is 1.98. The number of terminal acetylenes is 1. The van der Waals surface area contributed by atoms with Crippen LogP contribution in [0, 0.1) is 12.3 Å². The second-order valence-corrected chi connectivity index (χ2v) is 3.13. The molecule has 1 rings (SSSR count). The molecule has 0 unspecified atom stereocenters. The van der Waals surface area contributed by atoms with Crippen molar-refractivity contribution in [1.29, 1.82) is 0 Å². The molecule has 1 heterocycles. The van der Waals surface area contributed by atoms with Crippen LogP contribution in [-0.2, 0) is 4.74 Å². The zero-order chi connectivity index (χ0) is 9.84. The fourth-order valence-corrected chi connectivity index (χ4v) is 1.40. The highest BCUT2D eigenvalue weighted by molar-refractivity contribution is 7.16. The fraction of sp³-hybridized carbons (Fsp3) is 0.250. The Balaban J connectivity index is 3.00. The average molecular weight is 196 g/mol. The van der Waals surface area contributed by atoms with Gasteiger partial charge < -0.3 is 10.5 Å². The Morgan fingerprint density at radius 3 is 3.08 bits per heavy atom. The van der Waals surface area contributed by atoms with Crippen LogP contribution < -0.4 is 5.73 Å². The number of hydrogen-bond donors (Lipinski definition) is 1. The van der Waals surface area contributed by atoms with Crippen molar-refractivity contribution < 1.29 is 9.53 Å². The van der Waals surface area contributed by atoms with Gasteiger partial charge in [-0.2, -0.15) is 0 Å². The van der Waals surface area contributed by atoms with Gasteiger partial charge in [-0.25, -0.2) is 9.78 Å². The highest BCUT2D eigenvalue weighted by atomic mass is 32.1. The van der Waals surface area contributed by atoms with E-state index in [9.17, 15) is 4.79 Å². The minimum Gasteiger partial charge on any atom is -0.461 e. The van der Waals surface area contributed by atoms with Crippen LogP contribution in [0.15, 0.2) is 0 Å². The summed E-state index contributed by atoms with van der Waals surface area (Å²) in [4.78, 5) is 15.4. The highest BCUT2D eigenvalue weighted by Gasteiger charge is 2.16. The second-order valence-electron chi connectivity index (χ2n) is 2.09. The predicted molar refractivity (Wildman–Crippen MR) is 50.4 cm³/mol. The number of nitrogens with two attached hydrogens (primary N) is 1. The molecule has 0 aliphatic heterocycles.